The third-order valence-electron chi connectivity index (χ3n) is 3.94. The molecule has 122 valence electrons. The number of hydrogen-bond acceptors (Lipinski definition) is 2. The monoisotopic (exact) mass is 311 g/mol. The zero-order valence-corrected chi connectivity index (χ0v) is 14.3. The normalized spacial score (nSPS) is 13.2. The van der Waals surface area contributed by atoms with Crippen molar-refractivity contribution in [3.63, 3.8) is 0 Å². The molecule has 0 unspecified atom stereocenters. The number of nitrogens with one attached hydrogen (secondary N) is 1. The summed E-state index contributed by atoms with van der Waals surface area (Å²) in [5, 5.41) is 3.07. The first-order valence-electron chi connectivity index (χ1n) is 8.10. The topological polar surface area (TPSA) is 38.3 Å². The fraction of sp³-hybridized carbons (Fsp3) is 0.350. The van der Waals surface area contributed by atoms with Crippen molar-refractivity contribution in [2.45, 2.75) is 46.3 Å². The van der Waals surface area contributed by atoms with Gasteiger partial charge in [-0.3, -0.25) is 4.79 Å². The molecule has 1 N–H and O–H groups in total. The third-order valence-corrected chi connectivity index (χ3v) is 3.94. The number of para-hydroxylation sites is 1. The molecule has 0 saturated carbocycles. The Labute approximate surface area is 138 Å². The van der Waals surface area contributed by atoms with Crippen LogP contribution in [0.4, 0.5) is 0 Å². The van der Waals surface area contributed by atoms with E-state index in [0.29, 0.717) is 12.2 Å². The van der Waals surface area contributed by atoms with Crippen LogP contribution in [-0.4, -0.2) is 12.0 Å². The predicted octanol–water partition coefficient (Wildman–Crippen LogP) is 4.34. The summed E-state index contributed by atoms with van der Waals surface area (Å²) in [6.07, 6.45) is 0.144. The molecular weight excluding hydrogens is 286 g/mol. The van der Waals surface area contributed by atoms with Crippen LogP contribution in [0, 0.1) is 13.8 Å². The van der Waals surface area contributed by atoms with E-state index in [1.165, 1.54) is 11.1 Å². The van der Waals surface area contributed by atoms with E-state index in [-0.39, 0.29) is 11.9 Å². The van der Waals surface area contributed by atoms with Gasteiger partial charge in [-0.1, -0.05) is 48.9 Å². The van der Waals surface area contributed by atoms with Gasteiger partial charge in [-0.25, -0.2) is 0 Å². The van der Waals surface area contributed by atoms with E-state index in [0.717, 1.165) is 5.56 Å². The number of rotatable bonds is 6. The molecule has 0 aromatic heterocycles. The smallest absolute Gasteiger partial charge is 0.261 e. The predicted molar refractivity (Wildman–Crippen MR) is 93.6 cm³/mol. The molecule has 23 heavy (non-hydrogen) atoms. The SMILES string of the molecule is CC[C@H](Oc1ccccc1)C(=O)N[C@@H](C)c1cc(C)ccc1C. The lowest BCUT2D eigenvalue weighted by atomic mass is 10.00. The third kappa shape index (κ3) is 4.59. The van der Waals surface area contributed by atoms with Crippen LogP contribution in [0.15, 0.2) is 48.5 Å². The Morgan fingerprint density at radius 3 is 2.48 bits per heavy atom. The van der Waals surface area contributed by atoms with Crippen molar-refractivity contribution in [3.8, 4) is 5.75 Å². The number of aryl methyl sites for hydroxylation is 2. The van der Waals surface area contributed by atoms with E-state index >= 15 is 0 Å². The minimum Gasteiger partial charge on any atom is -0.481 e. The highest BCUT2D eigenvalue weighted by atomic mass is 16.5. The summed E-state index contributed by atoms with van der Waals surface area (Å²) < 4.78 is 5.80. The van der Waals surface area contributed by atoms with Crippen LogP contribution in [-0.2, 0) is 4.79 Å². The zero-order chi connectivity index (χ0) is 16.8. The van der Waals surface area contributed by atoms with Crippen LogP contribution < -0.4 is 10.1 Å². The lowest BCUT2D eigenvalue weighted by molar-refractivity contribution is -0.128. The fourth-order valence-electron chi connectivity index (χ4n) is 2.60. The fourth-order valence-corrected chi connectivity index (χ4v) is 2.60. The Hall–Kier alpha value is -2.29. The zero-order valence-electron chi connectivity index (χ0n) is 14.3. The van der Waals surface area contributed by atoms with E-state index in [1.54, 1.807) is 0 Å². The molecule has 0 aliphatic rings. The van der Waals surface area contributed by atoms with Gasteiger partial charge in [0.2, 0.25) is 0 Å². The Bertz CT molecular complexity index is 652. The first-order chi connectivity index (χ1) is 11.0. The summed E-state index contributed by atoms with van der Waals surface area (Å²) in [7, 11) is 0. The lowest BCUT2D eigenvalue weighted by Gasteiger charge is -2.22. The maximum absolute atomic E-state index is 12.5. The van der Waals surface area contributed by atoms with Crippen molar-refractivity contribution in [3.05, 3.63) is 65.2 Å². The minimum atomic E-state index is -0.482. The molecule has 0 aliphatic carbocycles. The van der Waals surface area contributed by atoms with Crippen molar-refractivity contribution in [1.82, 2.24) is 5.32 Å². The second-order valence-electron chi connectivity index (χ2n) is 5.92. The molecular formula is C20H25NO2. The molecule has 0 radical (unpaired) electrons. The van der Waals surface area contributed by atoms with Crippen molar-refractivity contribution < 1.29 is 9.53 Å². The maximum Gasteiger partial charge on any atom is 0.261 e. The number of hydrogen-bond donors (Lipinski definition) is 1. The van der Waals surface area contributed by atoms with Gasteiger partial charge >= 0.3 is 0 Å². The van der Waals surface area contributed by atoms with Crippen LogP contribution in [0.1, 0.15) is 43.0 Å². The Kier molecular flexibility index (Phi) is 5.80. The van der Waals surface area contributed by atoms with Crippen LogP contribution in [0.25, 0.3) is 0 Å². The molecule has 2 aromatic rings. The number of carbonyl (C=O) groups is 1. The summed E-state index contributed by atoms with van der Waals surface area (Å²) in [5.74, 6) is 0.638. The number of ether oxygens (including phenoxy) is 1. The molecule has 0 fully saturated rings. The van der Waals surface area contributed by atoms with Gasteiger partial charge in [-0.15, -0.1) is 0 Å². The van der Waals surface area contributed by atoms with Crippen molar-refractivity contribution in [2.75, 3.05) is 0 Å². The molecule has 0 aliphatic heterocycles. The van der Waals surface area contributed by atoms with Gasteiger partial charge < -0.3 is 10.1 Å². The number of carbonyl (C=O) groups excluding carboxylic acids is 1. The highest BCUT2D eigenvalue weighted by molar-refractivity contribution is 5.81. The number of benzene rings is 2. The van der Waals surface area contributed by atoms with E-state index in [9.17, 15) is 4.79 Å². The molecule has 0 saturated heterocycles. The summed E-state index contributed by atoms with van der Waals surface area (Å²) in [4.78, 5) is 12.5. The van der Waals surface area contributed by atoms with E-state index in [1.807, 2.05) is 44.2 Å². The minimum absolute atomic E-state index is 0.0455. The van der Waals surface area contributed by atoms with Gasteiger partial charge in [0, 0.05) is 0 Å². The Balaban J connectivity index is 2.05. The van der Waals surface area contributed by atoms with Gasteiger partial charge in [0.05, 0.1) is 6.04 Å². The standard InChI is InChI=1S/C20H25NO2/c1-5-19(23-17-9-7-6-8-10-17)20(22)21-16(4)18-13-14(2)11-12-15(18)3/h6-13,16,19H,5H2,1-4H3,(H,21,22)/t16-,19-/m0/s1. The van der Waals surface area contributed by atoms with Crippen LogP contribution >= 0.6 is 0 Å². The summed E-state index contributed by atoms with van der Waals surface area (Å²) in [5.41, 5.74) is 3.52. The molecule has 3 heteroatoms. The molecule has 0 bridgehead atoms. The second-order valence-corrected chi connectivity index (χ2v) is 5.92. The Morgan fingerprint density at radius 2 is 1.83 bits per heavy atom. The quantitative estimate of drug-likeness (QED) is 0.862. The average molecular weight is 311 g/mol. The molecule has 2 aromatic carbocycles. The van der Waals surface area contributed by atoms with Gasteiger partial charge in [0.25, 0.3) is 5.91 Å². The molecule has 0 heterocycles. The molecule has 3 nitrogen and oxygen atoms in total. The van der Waals surface area contributed by atoms with Gasteiger partial charge in [-0.05, 0) is 50.5 Å². The van der Waals surface area contributed by atoms with E-state index in [2.05, 4.69) is 37.4 Å². The summed E-state index contributed by atoms with van der Waals surface area (Å²) in [6, 6.07) is 15.7. The van der Waals surface area contributed by atoms with Crippen molar-refractivity contribution in [2.24, 2.45) is 0 Å². The maximum atomic E-state index is 12.5. The van der Waals surface area contributed by atoms with E-state index < -0.39 is 6.10 Å². The lowest BCUT2D eigenvalue weighted by Crippen LogP contribution is -2.39. The summed E-state index contributed by atoms with van der Waals surface area (Å²) in [6.45, 7) is 8.09. The van der Waals surface area contributed by atoms with Gasteiger partial charge in [0.1, 0.15) is 5.75 Å². The van der Waals surface area contributed by atoms with E-state index in [4.69, 9.17) is 4.74 Å². The molecule has 2 rings (SSSR count). The Morgan fingerprint density at radius 1 is 1.13 bits per heavy atom. The largest absolute Gasteiger partial charge is 0.481 e. The highest BCUT2D eigenvalue weighted by Crippen LogP contribution is 2.20. The molecule has 2 atom stereocenters. The van der Waals surface area contributed by atoms with Gasteiger partial charge in [-0.2, -0.15) is 0 Å². The molecule has 0 spiro atoms. The van der Waals surface area contributed by atoms with Crippen LogP contribution in [0.5, 0.6) is 5.75 Å². The second kappa shape index (κ2) is 7.82. The highest BCUT2D eigenvalue weighted by Gasteiger charge is 2.21. The van der Waals surface area contributed by atoms with Gasteiger partial charge in [0.15, 0.2) is 6.10 Å². The van der Waals surface area contributed by atoms with Crippen molar-refractivity contribution >= 4 is 5.91 Å². The average Bonchev–Trinajstić information content (AvgIpc) is 2.55. The first kappa shape index (κ1) is 17.1. The van der Waals surface area contributed by atoms with Crippen LogP contribution in [0.3, 0.4) is 0 Å². The van der Waals surface area contributed by atoms with Crippen molar-refractivity contribution in [1.29, 1.82) is 0 Å². The summed E-state index contributed by atoms with van der Waals surface area (Å²) >= 11 is 0. The van der Waals surface area contributed by atoms with Crippen LogP contribution in [0.2, 0.25) is 0 Å². The number of amides is 1. The molecule has 1 amide bonds. The first-order valence-corrected chi connectivity index (χ1v) is 8.10.